The topological polar surface area (TPSA) is 82.4 Å². The summed E-state index contributed by atoms with van der Waals surface area (Å²) in [6, 6.07) is 8.99. The first-order valence-electron chi connectivity index (χ1n) is 7.71. The SMILES string of the molecule is COc1cccc(C(=O)N2CCC(CNC(=O)CC#N)CC2)c1. The van der Waals surface area contributed by atoms with Crippen molar-refractivity contribution in [2.24, 2.45) is 5.92 Å². The summed E-state index contributed by atoms with van der Waals surface area (Å²) in [6.07, 6.45) is 1.60. The molecule has 1 heterocycles. The second-order valence-corrected chi connectivity index (χ2v) is 5.61. The van der Waals surface area contributed by atoms with Crippen molar-refractivity contribution in [3.8, 4) is 11.8 Å². The molecule has 0 aliphatic carbocycles. The van der Waals surface area contributed by atoms with E-state index in [1.807, 2.05) is 23.1 Å². The first-order chi connectivity index (χ1) is 11.1. The Labute approximate surface area is 136 Å². The van der Waals surface area contributed by atoms with Crippen molar-refractivity contribution in [1.29, 1.82) is 5.26 Å². The minimum absolute atomic E-state index is 0.0101. The second-order valence-electron chi connectivity index (χ2n) is 5.61. The fourth-order valence-electron chi connectivity index (χ4n) is 2.67. The first-order valence-corrected chi connectivity index (χ1v) is 7.71. The summed E-state index contributed by atoms with van der Waals surface area (Å²) in [5.41, 5.74) is 0.630. The van der Waals surface area contributed by atoms with Crippen LogP contribution >= 0.6 is 0 Å². The van der Waals surface area contributed by atoms with Gasteiger partial charge in [0.1, 0.15) is 12.2 Å². The van der Waals surface area contributed by atoms with Gasteiger partial charge in [-0.25, -0.2) is 0 Å². The number of nitriles is 1. The molecule has 0 saturated carbocycles. The van der Waals surface area contributed by atoms with Crippen LogP contribution in [0.3, 0.4) is 0 Å². The van der Waals surface area contributed by atoms with E-state index in [1.54, 1.807) is 19.2 Å². The average Bonchev–Trinajstić information content (AvgIpc) is 2.60. The lowest BCUT2D eigenvalue weighted by Gasteiger charge is -2.32. The van der Waals surface area contributed by atoms with Crippen molar-refractivity contribution in [2.45, 2.75) is 19.3 Å². The van der Waals surface area contributed by atoms with Crippen LogP contribution in [-0.2, 0) is 4.79 Å². The molecule has 1 aromatic rings. The van der Waals surface area contributed by atoms with E-state index in [4.69, 9.17) is 10.00 Å². The number of carbonyl (C=O) groups is 2. The first kappa shape index (κ1) is 16.8. The Hall–Kier alpha value is -2.55. The van der Waals surface area contributed by atoms with Crippen LogP contribution in [0.1, 0.15) is 29.6 Å². The lowest BCUT2D eigenvalue weighted by molar-refractivity contribution is -0.120. The van der Waals surface area contributed by atoms with E-state index in [0.717, 1.165) is 12.8 Å². The molecule has 2 amide bonds. The Balaban J connectivity index is 1.83. The average molecular weight is 315 g/mol. The van der Waals surface area contributed by atoms with E-state index >= 15 is 0 Å². The van der Waals surface area contributed by atoms with Crippen molar-refractivity contribution < 1.29 is 14.3 Å². The van der Waals surface area contributed by atoms with Crippen LogP contribution in [0.4, 0.5) is 0 Å². The van der Waals surface area contributed by atoms with Crippen LogP contribution in [-0.4, -0.2) is 43.5 Å². The van der Waals surface area contributed by atoms with Gasteiger partial charge in [-0.15, -0.1) is 0 Å². The third kappa shape index (κ3) is 4.71. The van der Waals surface area contributed by atoms with Crippen molar-refractivity contribution >= 4 is 11.8 Å². The summed E-state index contributed by atoms with van der Waals surface area (Å²) in [4.78, 5) is 25.6. The van der Waals surface area contributed by atoms with E-state index in [2.05, 4.69) is 5.32 Å². The number of piperidine rings is 1. The van der Waals surface area contributed by atoms with Gasteiger partial charge in [-0.2, -0.15) is 5.26 Å². The smallest absolute Gasteiger partial charge is 0.253 e. The molecule has 2 rings (SSSR count). The monoisotopic (exact) mass is 315 g/mol. The lowest BCUT2D eigenvalue weighted by atomic mass is 9.96. The van der Waals surface area contributed by atoms with Crippen LogP contribution in [0.25, 0.3) is 0 Å². The van der Waals surface area contributed by atoms with Crippen LogP contribution < -0.4 is 10.1 Å². The van der Waals surface area contributed by atoms with Crippen LogP contribution in [0.5, 0.6) is 5.75 Å². The van der Waals surface area contributed by atoms with Crippen molar-refractivity contribution in [2.75, 3.05) is 26.7 Å². The number of nitrogens with zero attached hydrogens (tertiary/aromatic N) is 2. The molecule has 1 N–H and O–H groups in total. The number of nitrogens with one attached hydrogen (secondary N) is 1. The summed E-state index contributed by atoms with van der Waals surface area (Å²) < 4.78 is 5.15. The van der Waals surface area contributed by atoms with E-state index in [-0.39, 0.29) is 18.2 Å². The minimum Gasteiger partial charge on any atom is -0.497 e. The molecule has 6 nitrogen and oxygen atoms in total. The Kier molecular flexibility index (Phi) is 5.98. The zero-order valence-electron chi connectivity index (χ0n) is 13.2. The molecule has 23 heavy (non-hydrogen) atoms. The highest BCUT2D eigenvalue weighted by Gasteiger charge is 2.24. The van der Waals surface area contributed by atoms with Crippen LogP contribution in [0.15, 0.2) is 24.3 Å². The van der Waals surface area contributed by atoms with Gasteiger partial charge in [0.25, 0.3) is 5.91 Å². The molecule has 0 unspecified atom stereocenters. The molecule has 0 radical (unpaired) electrons. The fraction of sp³-hybridized carbons (Fsp3) is 0.471. The third-order valence-electron chi connectivity index (χ3n) is 4.05. The molecular formula is C17H21N3O3. The Morgan fingerprint density at radius 3 is 2.78 bits per heavy atom. The molecule has 1 fully saturated rings. The van der Waals surface area contributed by atoms with E-state index in [9.17, 15) is 9.59 Å². The number of rotatable bonds is 5. The number of amides is 2. The van der Waals surface area contributed by atoms with Crippen LogP contribution in [0, 0.1) is 17.2 Å². The summed E-state index contributed by atoms with van der Waals surface area (Å²) in [5.74, 6) is 0.802. The molecule has 122 valence electrons. The van der Waals surface area contributed by atoms with Crippen molar-refractivity contribution in [3.63, 3.8) is 0 Å². The molecule has 6 heteroatoms. The van der Waals surface area contributed by atoms with Gasteiger partial charge in [0.15, 0.2) is 0 Å². The predicted molar refractivity (Wildman–Crippen MR) is 84.9 cm³/mol. The zero-order chi connectivity index (χ0) is 16.7. The number of benzene rings is 1. The maximum absolute atomic E-state index is 12.5. The summed E-state index contributed by atoms with van der Waals surface area (Å²) in [5, 5.41) is 11.2. The van der Waals surface area contributed by atoms with Gasteiger partial charge in [-0.05, 0) is 37.0 Å². The molecule has 1 aliphatic heterocycles. The Bertz CT molecular complexity index is 601. The van der Waals surface area contributed by atoms with Gasteiger partial charge < -0.3 is 15.0 Å². The molecule has 0 atom stereocenters. The summed E-state index contributed by atoms with van der Waals surface area (Å²) in [6.45, 7) is 1.92. The summed E-state index contributed by atoms with van der Waals surface area (Å²) in [7, 11) is 1.58. The molecule has 1 aromatic carbocycles. The number of likely N-dealkylation sites (tertiary alicyclic amines) is 1. The highest BCUT2D eigenvalue weighted by atomic mass is 16.5. The third-order valence-corrected chi connectivity index (χ3v) is 4.05. The standard InChI is InChI=1S/C17H21N3O3/c1-23-15-4-2-3-14(11-15)17(22)20-9-6-13(7-10-20)12-19-16(21)5-8-18/h2-4,11,13H,5-7,9-10,12H2,1H3,(H,19,21). The molecular weight excluding hydrogens is 294 g/mol. The van der Waals surface area contributed by atoms with Gasteiger partial charge >= 0.3 is 0 Å². The van der Waals surface area contributed by atoms with Gasteiger partial charge in [0.05, 0.1) is 13.2 Å². The summed E-state index contributed by atoms with van der Waals surface area (Å²) >= 11 is 0. The van der Waals surface area contributed by atoms with Gasteiger partial charge in [0.2, 0.25) is 5.91 Å². The van der Waals surface area contributed by atoms with E-state index < -0.39 is 0 Å². The van der Waals surface area contributed by atoms with Gasteiger partial charge in [0, 0.05) is 25.2 Å². The molecule has 0 bridgehead atoms. The molecule has 1 saturated heterocycles. The number of carbonyl (C=O) groups excluding carboxylic acids is 2. The quantitative estimate of drug-likeness (QED) is 0.894. The van der Waals surface area contributed by atoms with Gasteiger partial charge in [-0.1, -0.05) is 6.07 Å². The maximum atomic E-state index is 12.5. The molecule has 1 aliphatic rings. The minimum atomic E-state index is -0.234. The highest BCUT2D eigenvalue weighted by molar-refractivity contribution is 5.94. The van der Waals surface area contributed by atoms with Crippen molar-refractivity contribution in [1.82, 2.24) is 10.2 Å². The van der Waals surface area contributed by atoms with Gasteiger partial charge in [-0.3, -0.25) is 9.59 Å². The number of hydrogen-bond acceptors (Lipinski definition) is 4. The predicted octanol–water partition coefficient (Wildman–Crippen LogP) is 1.58. The Morgan fingerprint density at radius 1 is 1.39 bits per heavy atom. The highest BCUT2D eigenvalue weighted by Crippen LogP contribution is 2.20. The van der Waals surface area contributed by atoms with Crippen LogP contribution in [0.2, 0.25) is 0 Å². The number of methoxy groups -OCH3 is 1. The normalized spacial score (nSPS) is 14.9. The zero-order valence-corrected chi connectivity index (χ0v) is 13.2. The number of ether oxygens (including phenoxy) is 1. The molecule has 0 spiro atoms. The van der Waals surface area contributed by atoms with Crippen molar-refractivity contribution in [3.05, 3.63) is 29.8 Å². The lowest BCUT2D eigenvalue weighted by Crippen LogP contribution is -2.41. The maximum Gasteiger partial charge on any atom is 0.253 e. The number of hydrogen-bond donors (Lipinski definition) is 1. The Morgan fingerprint density at radius 2 is 2.13 bits per heavy atom. The largest absolute Gasteiger partial charge is 0.497 e. The molecule has 0 aromatic heterocycles. The second kappa shape index (κ2) is 8.18. The van der Waals surface area contributed by atoms with E-state index in [1.165, 1.54) is 0 Å². The fourth-order valence-corrected chi connectivity index (χ4v) is 2.67. The van der Waals surface area contributed by atoms with E-state index in [0.29, 0.717) is 36.9 Å².